The molecule has 1 N–H and O–H groups in total. The molecule has 6 heteroatoms. The Balaban J connectivity index is 2.17. The van der Waals surface area contributed by atoms with E-state index in [1.54, 1.807) is 13.2 Å². The predicted octanol–water partition coefficient (Wildman–Crippen LogP) is 4.50. The molecule has 1 aromatic rings. The summed E-state index contributed by atoms with van der Waals surface area (Å²) < 4.78 is 11.2. The molecule has 1 saturated carbocycles. The summed E-state index contributed by atoms with van der Waals surface area (Å²) in [4.78, 5) is 0. The molecule has 0 amide bonds. The molecule has 2 aliphatic carbocycles. The van der Waals surface area contributed by atoms with Gasteiger partial charge in [-0.05, 0) is 54.9 Å². The standard InChI is InChI=1S/C23H24N4O2/c1-3-10-29-19-9-8-15(11-20(19)28-2)21-17-7-5-4-6-16(17)18(12-24)22(27)23(21,13-25)14-26/h6,8-9,11,17-18,21,27H,3-5,7,10H2,1-2H3/t17-,18+,21-/m1/s1. The number of nitrogens with zero attached hydrogens (tertiary/aromatic N) is 3. The highest BCUT2D eigenvalue weighted by Crippen LogP contribution is 2.55. The first-order chi connectivity index (χ1) is 14.1. The molecule has 148 valence electrons. The van der Waals surface area contributed by atoms with Crippen LogP contribution >= 0.6 is 0 Å². The van der Waals surface area contributed by atoms with E-state index in [1.165, 1.54) is 0 Å². The first-order valence-corrected chi connectivity index (χ1v) is 9.89. The van der Waals surface area contributed by atoms with E-state index in [1.807, 2.05) is 25.1 Å². The van der Waals surface area contributed by atoms with Gasteiger partial charge in [-0.25, -0.2) is 0 Å². The highest BCUT2D eigenvalue weighted by Gasteiger charge is 2.57. The molecule has 0 saturated heterocycles. The Morgan fingerprint density at radius 3 is 2.59 bits per heavy atom. The van der Waals surface area contributed by atoms with Crippen LogP contribution in [0.5, 0.6) is 11.5 Å². The molecule has 0 heterocycles. The van der Waals surface area contributed by atoms with Crippen molar-refractivity contribution in [2.24, 2.45) is 17.3 Å². The van der Waals surface area contributed by atoms with E-state index in [0.29, 0.717) is 18.1 Å². The number of methoxy groups -OCH3 is 1. The molecule has 0 aliphatic heterocycles. The molecule has 0 radical (unpaired) electrons. The van der Waals surface area contributed by atoms with E-state index in [2.05, 4.69) is 18.2 Å². The van der Waals surface area contributed by atoms with Gasteiger partial charge >= 0.3 is 0 Å². The van der Waals surface area contributed by atoms with E-state index < -0.39 is 17.3 Å². The lowest BCUT2D eigenvalue weighted by Gasteiger charge is -2.45. The topological polar surface area (TPSA) is 114 Å². The maximum absolute atomic E-state index is 10.0. The summed E-state index contributed by atoms with van der Waals surface area (Å²) in [6, 6.07) is 11.9. The van der Waals surface area contributed by atoms with Crippen molar-refractivity contribution in [2.75, 3.05) is 13.7 Å². The normalized spacial score (nSPS) is 24.9. The van der Waals surface area contributed by atoms with E-state index >= 15 is 0 Å². The monoisotopic (exact) mass is 388 g/mol. The Labute approximate surface area is 171 Å². The number of rotatable bonds is 5. The number of benzene rings is 1. The minimum atomic E-state index is -1.68. The molecular weight excluding hydrogens is 364 g/mol. The SMILES string of the molecule is CCCOc1ccc([C@@H]2[C@@H]3CCCC=C3[C@H](C#N)C(=N)C2(C#N)C#N)cc1OC. The van der Waals surface area contributed by atoms with Crippen LogP contribution in [0.3, 0.4) is 0 Å². The van der Waals surface area contributed by atoms with Crippen LogP contribution in [0.2, 0.25) is 0 Å². The van der Waals surface area contributed by atoms with Crippen LogP contribution in [0.25, 0.3) is 0 Å². The molecule has 0 spiro atoms. The van der Waals surface area contributed by atoms with Crippen LogP contribution in [-0.2, 0) is 0 Å². The van der Waals surface area contributed by atoms with Crippen LogP contribution < -0.4 is 9.47 Å². The maximum atomic E-state index is 10.0. The molecule has 2 aliphatic rings. The van der Waals surface area contributed by atoms with Crippen LogP contribution in [0.4, 0.5) is 0 Å². The molecule has 0 aromatic heterocycles. The number of ether oxygens (including phenoxy) is 2. The maximum Gasteiger partial charge on any atom is 0.189 e. The van der Waals surface area contributed by atoms with E-state index in [9.17, 15) is 15.8 Å². The average Bonchev–Trinajstić information content (AvgIpc) is 2.77. The lowest BCUT2D eigenvalue weighted by atomic mass is 9.53. The zero-order valence-electron chi connectivity index (χ0n) is 16.7. The summed E-state index contributed by atoms with van der Waals surface area (Å²) in [6.07, 6.45) is 5.45. The number of hydrogen-bond donors (Lipinski definition) is 1. The Bertz CT molecular complexity index is 947. The van der Waals surface area contributed by atoms with Gasteiger partial charge in [0.1, 0.15) is 5.92 Å². The van der Waals surface area contributed by atoms with Gasteiger partial charge in [-0.15, -0.1) is 0 Å². The van der Waals surface area contributed by atoms with E-state index in [-0.39, 0.29) is 11.6 Å². The van der Waals surface area contributed by atoms with Gasteiger partial charge in [0.05, 0.1) is 37.6 Å². The minimum Gasteiger partial charge on any atom is -0.493 e. The molecule has 0 unspecified atom stereocenters. The zero-order chi connectivity index (χ0) is 21.0. The molecule has 29 heavy (non-hydrogen) atoms. The van der Waals surface area contributed by atoms with Crippen LogP contribution in [-0.4, -0.2) is 19.4 Å². The third-order valence-corrected chi connectivity index (χ3v) is 5.93. The molecule has 3 rings (SSSR count). The summed E-state index contributed by atoms with van der Waals surface area (Å²) in [5.41, 5.74) is -0.172. The van der Waals surface area contributed by atoms with Gasteiger partial charge in [-0.3, -0.25) is 0 Å². The minimum absolute atomic E-state index is 0.121. The van der Waals surface area contributed by atoms with Gasteiger partial charge in [0.25, 0.3) is 0 Å². The second-order valence-corrected chi connectivity index (χ2v) is 7.49. The average molecular weight is 388 g/mol. The number of hydrogen-bond acceptors (Lipinski definition) is 6. The first-order valence-electron chi connectivity index (χ1n) is 9.89. The van der Waals surface area contributed by atoms with Gasteiger partial charge in [-0.1, -0.05) is 19.1 Å². The largest absolute Gasteiger partial charge is 0.493 e. The lowest BCUT2D eigenvalue weighted by molar-refractivity contribution is 0.291. The highest BCUT2D eigenvalue weighted by atomic mass is 16.5. The number of fused-ring (bicyclic) bond motifs is 1. The van der Waals surface area contributed by atoms with Gasteiger partial charge < -0.3 is 14.9 Å². The Kier molecular flexibility index (Phi) is 5.90. The summed E-state index contributed by atoms with van der Waals surface area (Å²) >= 11 is 0. The van der Waals surface area contributed by atoms with Crippen LogP contribution in [0.1, 0.15) is 44.1 Å². The summed E-state index contributed by atoms with van der Waals surface area (Å²) in [5, 5.41) is 38.4. The summed E-state index contributed by atoms with van der Waals surface area (Å²) in [7, 11) is 1.56. The zero-order valence-corrected chi connectivity index (χ0v) is 16.7. The van der Waals surface area contributed by atoms with Crippen molar-refractivity contribution >= 4 is 5.71 Å². The fraction of sp³-hybridized carbons (Fsp3) is 0.478. The number of allylic oxidation sites excluding steroid dienone is 2. The summed E-state index contributed by atoms with van der Waals surface area (Å²) in [5.74, 6) is -0.331. The number of nitriles is 3. The Morgan fingerprint density at radius 2 is 1.97 bits per heavy atom. The van der Waals surface area contributed by atoms with Crippen molar-refractivity contribution in [3.05, 3.63) is 35.4 Å². The smallest absolute Gasteiger partial charge is 0.189 e. The first kappa shape index (κ1) is 20.4. The van der Waals surface area contributed by atoms with E-state index in [4.69, 9.17) is 14.9 Å². The molecule has 1 aromatic carbocycles. The van der Waals surface area contributed by atoms with Gasteiger partial charge in [0, 0.05) is 5.92 Å². The van der Waals surface area contributed by atoms with Crippen molar-refractivity contribution in [3.8, 4) is 29.7 Å². The summed E-state index contributed by atoms with van der Waals surface area (Å²) in [6.45, 7) is 2.58. The molecule has 3 atom stereocenters. The molecule has 6 nitrogen and oxygen atoms in total. The third-order valence-electron chi connectivity index (χ3n) is 5.93. The highest BCUT2D eigenvalue weighted by molar-refractivity contribution is 6.00. The lowest BCUT2D eigenvalue weighted by Crippen LogP contribution is -2.48. The second-order valence-electron chi connectivity index (χ2n) is 7.49. The molecular formula is C23H24N4O2. The van der Waals surface area contributed by atoms with Crippen molar-refractivity contribution in [3.63, 3.8) is 0 Å². The predicted molar refractivity (Wildman–Crippen MR) is 107 cm³/mol. The van der Waals surface area contributed by atoms with Crippen molar-refractivity contribution in [1.29, 1.82) is 21.2 Å². The van der Waals surface area contributed by atoms with Gasteiger partial charge in [-0.2, -0.15) is 15.8 Å². The quantitative estimate of drug-likeness (QED) is 0.746. The second kappa shape index (κ2) is 8.38. The van der Waals surface area contributed by atoms with Crippen molar-refractivity contribution < 1.29 is 9.47 Å². The van der Waals surface area contributed by atoms with Gasteiger partial charge in [0.15, 0.2) is 16.9 Å². The van der Waals surface area contributed by atoms with Crippen molar-refractivity contribution in [1.82, 2.24) is 0 Å². The fourth-order valence-corrected chi connectivity index (χ4v) is 4.59. The molecule has 0 bridgehead atoms. The van der Waals surface area contributed by atoms with Gasteiger partial charge in [0.2, 0.25) is 0 Å². The molecule has 1 fully saturated rings. The Hall–Kier alpha value is -3.30. The van der Waals surface area contributed by atoms with Crippen molar-refractivity contribution in [2.45, 2.75) is 38.5 Å². The van der Waals surface area contributed by atoms with E-state index in [0.717, 1.165) is 36.8 Å². The Morgan fingerprint density at radius 1 is 1.21 bits per heavy atom. The van der Waals surface area contributed by atoms with Crippen LogP contribution in [0.15, 0.2) is 29.8 Å². The fourth-order valence-electron chi connectivity index (χ4n) is 4.59. The third kappa shape index (κ3) is 3.24. The number of nitrogens with one attached hydrogen (secondary N) is 1. The van der Waals surface area contributed by atoms with Crippen LogP contribution in [0, 0.1) is 56.7 Å².